The molecule has 80 valence electrons. The Kier molecular flexibility index (Phi) is 4.50. The molecule has 0 amide bonds. The highest BCUT2D eigenvalue weighted by Gasteiger charge is 2.00. The van der Waals surface area contributed by atoms with Crippen LogP contribution in [0.25, 0.3) is 0 Å². The summed E-state index contributed by atoms with van der Waals surface area (Å²) in [5.41, 5.74) is 1.53. The van der Waals surface area contributed by atoms with E-state index in [0.29, 0.717) is 18.7 Å². The Labute approximate surface area is 87.9 Å². The van der Waals surface area contributed by atoms with E-state index in [2.05, 4.69) is 5.32 Å². The molecule has 1 rings (SSSR count). The van der Waals surface area contributed by atoms with Gasteiger partial charge in [0.25, 0.3) is 0 Å². The number of carbonyl (C=O) groups is 2. The highest BCUT2D eigenvalue weighted by molar-refractivity contribution is 5.77. The number of hydrogen-bond acceptors (Lipinski definition) is 3. The normalized spacial score (nSPS) is 9.87. The lowest BCUT2D eigenvalue weighted by Gasteiger charge is -2.05. The molecule has 1 aromatic rings. The van der Waals surface area contributed by atoms with Crippen LogP contribution < -0.4 is 5.32 Å². The highest BCUT2D eigenvalue weighted by atomic mass is 16.4. The zero-order chi connectivity index (χ0) is 11.1. The lowest BCUT2D eigenvalue weighted by Crippen LogP contribution is -2.18. The van der Waals surface area contributed by atoms with Crippen molar-refractivity contribution in [3.63, 3.8) is 0 Å². The molecule has 1 aromatic carbocycles. The molecule has 2 N–H and O–H groups in total. The monoisotopic (exact) mass is 207 g/mol. The van der Waals surface area contributed by atoms with Gasteiger partial charge < -0.3 is 10.4 Å². The van der Waals surface area contributed by atoms with E-state index in [9.17, 15) is 9.59 Å². The first kappa shape index (κ1) is 11.4. The van der Waals surface area contributed by atoms with Crippen LogP contribution in [-0.4, -0.2) is 23.9 Å². The molecule has 0 aromatic heterocycles. The fourth-order valence-corrected chi connectivity index (χ4v) is 1.23. The summed E-state index contributed by atoms with van der Waals surface area (Å²) < 4.78 is 0. The maximum Gasteiger partial charge on any atom is 0.304 e. The Hall–Kier alpha value is -1.68. The summed E-state index contributed by atoms with van der Waals surface area (Å²) in [5, 5.41) is 11.4. The molecule has 0 bridgehead atoms. The van der Waals surface area contributed by atoms with Crippen LogP contribution in [-0.2, 0) is 11.3 Å². The molecule has 4 nitrogen and oxygen atoms in total. The summed E-state index contributed by atoms with van der Waals surface area (Å²) in [6, 6.07) is 7.23. The predicted octanol–water partition coefficient (Wildman–Crippen LogP) is 1.06. The zero-order valence-corrected chi connectivity index (χ0v) is 8.27. The molecule has 0 aliphatic carbocycles. The average molecular weight is 207 g/mol. The van der Waals surface area contributed by atoms with Gasteiger partial charge in [-0.15, -0.1) is 0 Å². The Morgan fingerprint density at radius 3 is 2.80 bits per heavy atom. The van der Waals surface area contributed by atoms with Crippen molar-refractivity contribution in [1.29, 1.82) is 0 Å². The van der Waals surface area contributed by atoms with Crippen molar-refractivity contribution in [2.45, 2.75) is 13.0 Å². The fourth-order valence-electron chi connectivity index (χ4n) is 1.23. The first-order valence-electron chi connectivity index (χ1n) is 4.69. The maximum atomic E-state index is 10.6. The lowest BCUT2D eigenvalue weighted by molar-refractivity contribution is -0.136. The summed E-state index contributed by atoms with van der Waals surface area (Å²) in [6.45, 7) is 0.921. The van der Waals surface area contributed by atoms with Crippen molar-refractivity contribution in [3.05, 3.63) is 35.4 Å². The summed E-state index contributed by atoms with van der Waals surface area (Å²) in [4.78, 5) is 20.9. The van der Waals surface area contributed by atoms with Crippen LogP contribution in [0.2, 0.25) is 0 Å². The average Bonchev–Trinajstić information content (AvgIpc) is 2.24. The molecule has 0 spiro atoms. The minimum Gasteiger partial charge on any atom is -0.481 e. The van der Waals surface area contributed by atoms with Gasteiger partial charge in [-0.05, 0) is 5.56 Å². The van der Waals surface area contributed by atoms with Crippen molar-refractivity contribution >= 4 is 12.3 Å². The number of carboxylic acid groups (broad SMARTS) is 1. The second kappa shape index (κ2) is 5.93. The van der Waals surface area contributed by atoms with Crippen LogP contribution in [0.1, 0.15) is 22.3 Å². The molecule has 0 fully saturated rings. The van der Waals surface area contributed by atoms with Gasteiger partial charge in [0.05, 0.1) is 6.42 Å². The van der Waals surface area contributed by atoms with E-state index in [1.165, 1.54) is 0 Å². The smallest absolute Gasteiger partial charge is 0.304 e. The Morgan fingerprint density at radius 2 is 2.13 bits per heavy atom. The van der Waals surface area contributed by atoms with E-state index in [1.54, 1.807) is 12.1 Å². The Bertz CT molecular complexity index is 349. The van der Waals surface area contributed by atoms with Crippen LogP contribution in [0.4, 0.5) is 0 Å². The quantitative estimate of drug-likeness (QED) is 0.540. The number of benzene rings is 1. The number of rotatable bonds is 6. The summed E-state index contributed by atoms with van der Waals surface area (Å²) in [7, 11) is 0. The molecule has 0 heterocycles. The van der Waals surface area contributed by atoms with Gasteiger partial charge >= 0.3 is 5.97 Å². The summed E-state index contributed by atoms with van der Waals surface area (Å²) >= 11 is 0. The van der Waals surface area contributed by atoms with Crippen LogP contribution in [0.15, 0.2) is 24.3 Å². The van der Waals surface area contributed by atoms with Gasteiger partial charge in [-0.3, -0.25) is 9.59 Å². The molecular formula is C11H13NO3. The first-order valence-corrected chi connectivity index (χ1v) is 4.69. The van der Waals surface area contributed by atoms with E-state index in [0.717, 1.165) is 11.8 Å². The van der Waals surface area contributed by atoms with Crippen LogP contribution in [0.5, 0.6) is 0 Å². The van der Waals surface area contributed by atoms with E-state index in [4.69, 9.17) is 5.11 Å². The SMILES string of the molecule is O=Cc1ccccc1CNCCC(=O)O. The summed E-state index contributed by atoms with van der Waals surface area (Å²) in [6.07, 6.45) is 0.886. The largest absolute Gasteiger partial charge is 0.481 e. The van der Waals surface area contributed by atoms with Gasteiger partial charge in [0, 0.05) is 18.7 Å². The molecule has 0 saturated heterocycles. The van der Waals surface area contributed by atoms with Crippen LogP contribution in [0, 0.1) is 0 Å². The zero-order valence-electron chi connectivity index (χ0n) is 8.27. The molecule has 0 unspecified atom stereocenters. The van der Waals surface area contributed by atoms with Gasteiger partial charge in [0.15, 0.2) is 0 Å². The van der Waals surface area contributed by atoms with Gasteiger partial charge in [-0.25, -0.2) is 0 Å². The number of carboxylic acids is 1. The van der Waals surface area contributed by atoms with E-state index in [1.807, 2.05) is 12.1 Å². The summed E-state index contributed by atoms with van der Waals surface area (Å²) in [5.74, 6) is -0.828. The molecule has 15 heavy (non-hydrogen) atoms. The molecular weight excluding hydrogens is 194 g/mol. The number of nitrogens with one attached hydrogen (secondary N) is 1. The molecule has 0 saturated carbocycles. The van der Waals surface area contributed by atoms with Crippen molar-refractivity contribution in [3.8, 4) is 0 Å². The first-order chi connectivity index (χ1) is 7.24. The van der Waals surface area contributed by atoms with Crippen molar-refractivity contribution < 1.29 is 14.7 Å². The van der Waals surface area contributed by atoms with Gasteiger partial charge in [-0.2, -0.15) is 0 Å². The van der Waals surface area contributed by atoms with Crippen LogP contribution >= 0.6 is 0 Å². The van der Waals surface area contributed by atoms with Crippen molar-refractivity contribution in [2.75, 3.05) is 6.54 Å². The fraction of sp³-hybridized carbons (Fsp3) is 0.273. The van der Waals surface area contributed by atoms with Gasteiger partial charge in [-0.1, -0.05) is 24.3 Å². The molecule has 0 atom stereocenters. The standard InChI is InChI=1S/C11H13NO3/c13-8-10-4-2-1-3-9(10)7-12-6-5-11(14)15/h1-4,8,12H,5-7H2,(H,14,15). The predicted molar refractivity (Wildman–Crippen MR) is 55.8 cm³/mol. The highest BCUT2D eigenvalue weighted by Crippen LogP contribution is 2.05. The minimum atomic E-state index is -0.828. The van der Waals surface area contributed by atoms with Gasteiger partial charge in [0.2, 0.25) is 0 Å². The second-order valence-electron chi connectivity index (χ2n) is 3.14. The van der Waals surface area contributed by atoms with E-state index < -0.39 is 5.97 Å². The number of hydrogen-bond donors (Lipinski definition) is 2. The molecule has 0 aliphatic heterocycles. The number of aliphatic carboxylic acids is 1. The topological polar surface area (TPSA) is 66.4 Å². The molecule has 0 radical (unpaired) electrons. The third-order valence-electron chi connectivity index (χ3n) is 2.01. The van der Waals surface area contributed by atoms with Crippen molar-refractivity contribution in [1.82, 2.24) is 5.32 Å². The Morgan fingerprint density at radius 1 is 1.40 bits per heavy atom. The lowest BCUT2D eigenvalue weighted by atomic mass is 10.1. The third kappa shape index (κ3) is 3.91. The molecule has 0 aliphatic rings. The molecule has 4 heteroatoms. The minimum absolute atomic E-state index is 0.0866. The van der Waals surface area contributed by atoms with E-state index in [-0.39, 0.29) is 6.42 Å². The van der Waals surface area contributed by atoms with Crippen molar-refractivity contribution in [2.24, 2.45) is 0 Å². The number of aldehydes is 1. The van der Waals surface area contributed by atoms with Crippen LogP contribution in [0.3, 0.4) is 0 Å². The maximum absolute atomic E-state index is 10.6. The van der Waals surface area contributed by atoms with Gasteiger partial charge in [0.1, 0.15) is 6.29 Å². The Balaban J connectivity index is 2.43. The second-order valence-corrected chi connectivity index (χ2v) is 3.14. The van der Waals surface area contributed by atoms with E-state index >= 15 is 0 Å². The third-order valence-corrected chi connectivity index (χ3v) is 2.01. The number of carbonyl (C=O) groups excluding carboxylic acids is 1.